The molecular weight excluding hydrogens is 659 g/mol. The van der Waals surface area contributed by atoms with Crippen LogP contribution >= 0.6 is 7.82 Å². The Morgan fingerprint density at radius 1 is 1.02 bits per heavy atom. The second-order valence-corrected chi connectivity index (χ2v) is 10.6. The highest BCUT2D eigenvalue weighted by Gasteiger charge is 2.35. The van der Waals surface area contributed by atoms with E-state index in [-0.39, 0.29) is 0 Å². The number of rotatable bonds is 18. The Balaban J connectivity index is 2.86. The lowest BCUT2D eigenvalue weighted by Crippen LogP contribution is -2.50. The molecule has 0 saturated carbocycles. The number of anilines is 1. The largest absolute Gasteiger partial charge is 0.469 e. The molecule has 3 aromatic carbocycles. The van der Waals surface area contributed by atoms with Crippen molar-refractivity contribution in [3.05, 3.63) is 95.7 Å². The summed E-state index contributed by atoms with van der Waals surface area (Å²) in [6.07, 6.45) is -20.6. The molecule has 15 heteroatoms. The Morgan fingerprint density at radius 3 is 2.17 bits per heavy atom. The fourth-order valence-electron chi connectivity index (χ4n) is 2.85. The Morgan fingerprint density at radius 2 is 1.62 bits per heavy atom. The Bertz CT molecular complexity index is 3290. The molecule has 0 aliphatic heterocycles. The van der Waals surface area contributed by atoms with Crippen molar-refractivity contribution < 1.29 is 95.1 Å². The minimum Gasteiger partial charge on any atom is -0.453 e. The van der Waals surface area contributed by atoms with Crippen molar-refractivity contribution in [1.29, 1.82) is 0 Å². The summed E-state index contributed by atoms with van der Waals surface area (Å²) in [6.45, 7) is -27.4. The maximum atomic E-state index is 15.3. The Hall–Kier alpha value is -3.78. The molecule has 13 nitrogen and oxygen atoms in total. The number of phosphoric acid groups is 1. The number of nitrogens with zero attached hydrogens (tertiary/aromatic N) is 1. The van der Waals surface area contributed by atoms with Crippen LogP contribution in [0.15, 0.2) is 89.5 Å². The summed E-state index contributed by atoms with van der Waals surface area (Å²) in [4.78, 5) is 45.8. The van der Waals surface area contributed by atoms with Crippen LogP contribution in [0.4, 0.5) is 10.5 Å². The number of sulfonamides is 1. The molecule has 3 aromatic rings. The number of benzene rings is 3. The second kappa shape index (κ2) is 18.1. The number of nitrogen functional groups attached to an aromatic ring is 1. The van der Waals surface area contributed by atoms with Crippen molar-refractivity contribution in [3.63, 3.8) is 0 Å². The van der Waals surface area contributed by atoms with Crippen molar-refractivity contribution in [2.24, 2.45) is 5.89 Å². The van der Waals surface area contributed by atoms with E-state index in [1.165, 1.54) is 0 Å². The molecule has 0 heterocycles. The first kappa shape index (κ1) is 11.4. The smallest absolute Gasteiger partial charge is 0.453 e. The fraction of sp³-hybridized carbons (Fsp3) is 0.394. The average Bonchev–Trinajstić information content (AvgIpc) is 0.678. The van der Waals surface area contributed by atoms with Crippen LogP contribution < -0.4 is 16.4 Å². The molecule has 0 radical (unpaired) electrons. The van der Waals surface area contributed by atoms with E-state index in [1.807, 2.05) is 0 Å². The standard InChI is InChI=1S/C33H45N4O9PS/c1-24(2)22-37(48(43,44)29-19-17-27(34)18-20-29)28(23-46-47(40,41)42)16-10-11-21-35-32(38)31(36-33(39)45-3)30(25-12-6-4-7-13-25)26-14-8-5-9-15-26/h4-9,12-15,17-20,24,28,30-31H,10-11,16,21-23,34H2,1-3H3,(H,35,38)(H,36,39)(H2,40,41,42)/t28-,31+/m0/s1/i1D3,2D3,3D3,4D,5D,6D,7D,8D,9D,10D2,11D2,12D,13D,14D,15D,16D2,17D,18D,19D,20D,21D2,22D2,23D2,24D,28D,30D,31D. The zero-order valence-electron chi connectivity index (χ0n) is 62.1. The SMILES string of the molecule is [2H]c1c([2H])c([2H])c(C([2H])(c2c([2H])c([2H])c([2H])c([2H])c2[2H])[C@@]([2H])(NC(=O)OC([2H])([2H])[2H])C(=O)NC([2H])([2H])C([2H])([2H])C([2H])([2H])C([2H])([2H])[C@]([2H])(N(C([2H])([2H])C([2H])(C([2H])([2H])[2H])C([2H])([2H])[2H])S(=O)(=O)c2c([2H])c([2H])c(N)c([2H])c2[2H])C([2H])([2H])OP(=O)(O)O)c([2H])c1[2H]. The van der Waals surface area contributed by atoms with E-state index in [1.54, 1.807) is 0 Å². The predicted octanol–water partition coefficient (Wildman–Crippen LogP) is 4.24. The van der Waals surface area contributed by atoms with Gasteiger partial charge in [-0.2, -0.15) is 4.31 Å². The van der Waals surface area contributed by atoms with Crippen LogP contribution in [-0.2, 0) is 28.6 Å². The van der Waals surface area contributed by atoms with Gasteiger partial charge in [0.15, 0.2) is 0 Å². The molecule has 3 rings (SSSR count). The summed E-state index contributed by atoms with van der Waals surface area (Å²) in [7, 11) is -18.9. The zero-order valence-corrected chi connectivity index (χ0v) is 24.8. The number of hydrogen-bond donors (Lipinski definition) is 5. The van der Waals surface area contributed by atoms with Gasteiger partial charge in [-0.1, -0.05) is 80.5 Å². The molecule has 0 fully saturated rings. The summed E-state index contributed by atoms with van der Waals surface area (Å²) in [5.74, 6) is -13.4. The maximum Gasteiger partial charge on any atom is 0.469 e. The number of nitrogens with two attached hydrogens (primary N) is 1. The van der Waals surface area contributed by atoms with Crippen molar-refractivity contribution in [3.8, 4) is 0 Å². The second-order valence-electron chi connectivity index (χ2n) is 7.75. The van der Waals surface area contributed by atoms with E-state index in [2.05, 4.69) is 9.26 Å². The Labute approximate surface area is 336 Å². The van der Waals surface area contributed by atoms with Crippen LogP contribution in [0.3, 0.4) is 0 Å². The monoisotopic (exact) mass is 744 g/mol. The lowest BCUT2D eigenvalue weighted by Gasteiger charge is -2.32. The van der Waals surface area contributed by atoms with E-state index in [0.717, 1.165) is 10.6 Å². The van der Waals surface area contributed by atoms with Crippen LogP contribution in [0.1, 0.15) is 103 Å². The number of carbonyl (C=O) groups excluding carboxylic acids is 2. The number of methoxy groups -OCH3 is 1. The molecule has 0 aromatic heterocycles. The van der Waals surface area contributed by atoms with Crippen LogP contribution in [0.5, 0.6) is 0 Å². The van der Waals surface area contributed by atoms with Crippen LogP contribution in [0.2, 0.25) is 0 Å². The van der Waals surface area contributed by atoms with Gasteiger partial charge in [0.05, 0.1) is 47.3 Å². The number of alkyl carbamates (subject to hydrolysis) is 1. The number of ether oxygens (including phenoxy) is 1. The summed E-state index contributed by atoms with van der Waals surface area (Å²) < 4.78 is 380. The quantitative estimate of drug-likeness (QED) is 0.0929. The number of amides is 2. The van der Waals surface area contributed by atoms with Gasteiger partial charge in [0.25, 0.3) is 0 Å². The average molecular weight is 744 g/mol. The first-order valence-electron chi connectivity index (χ1n) is 31.2. The lowest BCUT2D eigenvalue weighted by atomic mass is 9.84. The molecular formula is C33H45N4O9PS. The van der Waals surface area contributed by atoms with Gasteiger partial charge >= 0.3 is 13.9 Å². The molecule has 48 heavy (non-hydrogen) atoms. The molecule has 6 N–H and O–H groups in total. The molecule has 0 aliphatic carbocycles. The van der Waals surface area contributed by atoms with Gasteiger partial charge in [-0.15, -0.1) is 0 Å². The fourth-order valence-corrected chi connectivity index (χ4v) is 4.13. The molecule has 2 atom stereocenters. The molecule has 0 saturated heterocycles. The van der Waals surface area contributed by atoms with Crippen LogP contribution in [0, 0.1) is 5.89 Å². The normalized spacial score (nSPS) is 29.4. The summed E-state index contributed by atoms with van der Waals surface area (Å²) in [6, 6.07) is -36.0. The minimum atomic E-state index is -7.73. The van der Waals surface area contributed by atoms with Gasteiger partial charge in [-0.3, -0.25) is 9.32 Å². The highest BCUT2D eigenvalue weighted by Crippen LogP contribution is 2.37. The number of phosphoric ester groups is 1. The molecule has 2 amide bonds. The first-order chi connectivity index (χ1) is 38.1. The third-order valence-corrected chi connectivity index (χ3v) is 6.38. The lowest BCUT2D eigenvalue weighted by molar-refractivity contribution is -0.123. The first-order valence-corrected chi connectivity index (χ1v) is 14.7. The van der Waals surface area contributed by atoms with Crippen molar-refractivity contribution >= 4 is 35.5 Å². The van der Waals surface area contributed by atoms with Crippen LogP contribution in [-0.4, -0.2) is 73.1 Å². The van der Waals surface area contributed by atoms with E-state index >= 15 is 13.2 Å². The highest BCUT2D eigenvalue weighted by atomic mass is 32.2. The van der Waals surface area contributed by atoms with Crippen molar-refractivity contribution in [2.45, 2.75) is 55.6 Å². The molecule has 0 bridgehead atoms. The van der Waals surface area contributed by atoms with E-state index < -0.39 is 224 Å². The minimum absolute atomic E-state index is 0.718. The van der Waals surface area contributed by atoms with Gasteiger partial charge in [-0.25, -0.2) is 17.8 Å². The van der Waals surface area contributed by atoms with Gasteiger partial charge in [0, 0.05) is 55.3 Å². The number of carbonyl (C=O) groups is 2. The zero-order chi connectivity index (χ0) is 69.5. The maximum absolute atomic E-state index is 15.3. The third-order valence-electron chi connectivity index (χ3n) is 4.58. The topological polar surface area (TPSA) is 198 Å². The highest BCUT2D eigenvalue weighted by molar-refractivity contribution is 7.89. The summed E-state index contributed by atoms with van der Waals surface area (Å²) >= 11 is 0. The summed E-state index contributed by atoms with van der Waals surface area (Å²) in [5.41, 5.74) is 0.170. The van der Waals surface area contributed by atoms with E-state index in [4.69, 9.17) is 55.1 Å². The molecule has 0 unspecified atom stereocenters. The van der Waals surface area contributed by atoms with E-state index in [0.29, 0.717) is 0 Å². The molecule has 0 spiro atoms. The van der Waals surface area contributed by atoms with Gasteiger partial charge in [-0.05, 0) is 53.9 Å². The number of hydrogen-bond acceptors (Lipinski definition) is 8. The predicted molar refractivity (Wildman–Crippen MR) is 182 cm³/mol. The van der Waals surface area contributed by atoms with Crippen LogP contribution in [0.25, 0.3) is 0 Å². The van der Waals surface area contributed by atoms with Gasteiger partial charge in [0.2, 0.25) is 15.9 Å². The van der Waals surface area contributed by atoms with E-state index in [9.17, 15) is 23.3 Å². The van der Waals surface area contributed by atoms with Crippen molar-refractivity contribution in [2.75, 3.05) is 32.3 Å². The summed E-state index contributed by atoms with van der Waals surface area (Å²) in [5, 5.41) is 1.71. The Kier molecular flexibility index (Phi) is 4.29. The van der Waals surface area contributed by atoms with Gasteiger partial charge in [0.1, 0.15) is 6.02 Å². The third kappa shape index (κ3) is 11.7. The van der Waals surface area contributed by atoms with Crippen molar-refractivity contribution in [1.82, 2.24) is 14.9 Å². The number of nitrogens with one attached hydrogen (secondary N) is 2. The van der Waals surface area contributed by atoms with Gasteiger partial charge < -0.3 is 30.9 Å². The molecule has 0 aliphatic rings. The molecule has 262 valence electrons.